The second-order valence-corrected chi connectivity index (χ2v) is 4.27. The van der Waals surface area contributed by atoms with Crippen molar-refractivity contribution in [2.45, 2.75) is 18.9 Å². The third-order valence-electron chi connectivity index (χ3n) is 2.76. The minimum Gasteiger partial charge on any atom is -0.354 e. The van der Waals surface area contributed by atoms with E-state index in [4.69, 9.17) is 5.73 Å². The van der Waals surface area contributed by atoms with E-state index < -0.39 is 6.04 Å². The first-order valence-electron chi connectivity index (χ1n) is 6.17. The molecular weight excluding hydrogens is 242 g/mol. The number of carbonyl (C=O) groups excluding carboxylic acids is 1. The highest BCUT2D eigenvalue weighted by Crippen LogP contribution is 2.01. The fraction of sp³-hybridized carbons (Fsp3) is 0.308. The van der Waals surface area contributed by atoms with Gasteiger partial charge in [-0.05, 0) is 12.0 Å². The van der Waals surface area contributed by atoms with Crippen molar-refractivity contribution in [1.82, 2.24) is 20.5 Å². The number of benzene rings is 1. The van der Waals surface area contributed by atoms with Crippen molar-refractivity contribution < 1.29 is 4.79 Å². The zero-order valence-electron chi connectivity index (χ0n) is 10.5. The molecule has 1 atom stereocenters. The zero-order chi connectivity index (χ0) is 13.5. The molecule has 1 amide bonds. The lowest BCUT2D eigenvalue weighted by Gasteiger charge is -2.11. The lowest BCUT2D eigenvalue weighted by Crippen LogP contribution is -2.42. The molecule has 0 saturated carbocycles. The van der Waals surface area contributed by atoms with Crippen molar-refractivity contribution in [1.29, 1.82) is 0 Å². The number of H-pyrrole nitrogens is 1. The molecule has 0 saturated heterocycles. The number of hydrogen-bond acceptors (Lipinski definition) is 4. The summed E-state index contributed by atoms with van der Waals surface area (Å²) in [4.78, 5) is 15.8. The number of amides is 1. The summed E-state index contributed by atoms with van der Waals surface area (Å²) in [6.07, 6.45) is 2.59. The Bertz CT molecular complexity index is 497. The van der Waals surface area contributed by atoms with E-state index in [2.05, 4.69) is 20.5 Å². The molecule has 0 spiro atoms. The first kappa shape index (κ1) is 13.2. The quantitative estimate of drug-likeness (QED) is 0.682. The summed E-state index contributed by atoms with van der Waals surface area (Å²) in [6, 6.07) is 9.20. The highest BCUT2D eigenvalue weighted by Gasteiger charge is 2.13. The summed E-state index contributed by atoms with van der Waals surface area (Å²) in [6.45, 7) is 0.497. The zero-order valence-corrected chi connectivity index (χ0v) is 10.5. The normalized spacial score (nSPS) is 12.1. The average molecular weight is 259 g/mol. The summed E-state index contributed by atoms with van der Waals surface area (Å²) in [5.41, 5.74) is 6.92. The minimum atomic E-state index is -0.530. The number of carbonyl (C=O) groups is 1. The van der Waals surface area contributed by atoms with Crippen LogP contribution in [0.1, 0.15) is 11.4 Å². The van der Waals surface area contributed by atoms with Crippen LogP contribution in [-0.4, -0.2) is 33.7 Å². The van der Waals surface area contributed by atoms with E-state index in [0.717, 1.165) is 11.4 Å². The molecule has 4 N–H and O–H groups in total. The molecule has 0 unspecified atom stereocenters. The molecule has 0 aliphatic carbocycles. The molecule has 0 bridgehead atoms. The summed E-state index contributed by atoms with van der Waals surface area (Å²) in [5.74, 6) is 0.597. The van der Waals surface area contributed by atoms with Crippen LogP contribution in [0.4, 0.5) is 0 Å². The molecule has 0 fully saturated rings. The van der Waals surface area contributed by atoms with Crippen molar-refractivity contribution in [3.05, 3.63) is 48.0 Å². The maximum absolute atomic E-state index is 11.8. The number of aromatic nitrogens is 3. The van der Waals surface area contributed by atoms with Crippen LogP contribution in [-0.2, 0) is 17.6 Å². The number of nitrogens with two attached hydrogens (primary N) is 1. The maximum Gasteiger partial charge on any atom is 0.237 e. The number of nitrogens with zero attached hydrogens (tertiary/aromatic N) is 2. The van der Waals surface area contributed by atoms with Crippen molar-refractivity contribution >= 4 is 5.91 Å². The van der Waals surface area contributed by atoms with Gasteiger partial charge >= 0.3 is 0 Å². The van der Waals surface area contributed by atoms with E-state index in [-0.39, 0.29) is 5.91 Å². The molecule has 2 aromatic rings. The molecule has 6 nitrogen and oxygen atoms in total. The molecule has 100 valence electrons. The predicted molar refractivity (Wildman–Crippen MR) is 71.2 cm³/mol. The van der Waals surface area contributed by atoms with E-state index in [0.29, 0.717) is 19.4 Å². The fourth-order valence-corrected chi connectivity index (χ4v) is 1.75. The first-order valence-corrected chi connectivity index (χ1v) is 6.17. The summed E-state index contributed by atoms with van der Waals surface area (Å²) in [5, 5.41) is 9.26. The molecule has 0 aliphatic rings. The Labute approximate surface area is 111 Å². The Kier molecular flexibility index (Phi) is 4.63. The van der Waals surface area contributed by atoms with Gasteiger partial charge in [-0.1, -0.05) is 30.3 Å². The maximum atomic E-state index is 11.8. The van der Waals surface area contributed by atoms with Crippen LogP contribution in [0.2, 0.25) is 0 Å². The Morgan fingerprint density at radius 1 is 1.37 bits per heavy atom. The molecule has 1 aromatic heterocycles. The molecule has 0 aliphatic heterocycles. The second-order valence-electron chi connectivity index (χ2n) is 4.27. The van der Waals surface area contributed by atoms with Crippen molar-refractivity contribution in [2.24, 2.45) is 5.73 Å². The molecule has 19 heavy (non-hydrogen) atoms. The van der Waals surface area contributed by atoms with Crippen LogP contribution in [0.15, 0.2) is 36.7 Å². The van der Waals surface area contributed by atoms with Crippen LogP contribution in [0, 0.1) is 0 Å². The van der Waals surface area contributed by atoms with Gasteiger partial charge in [-0.3, -0.25) is 9.89 Å². The molecule has 2 rings (SSSR count). The Morgan fingerprint density at radius 2 is 2.16 bits per heavy atom. The SMILES string of the molecule is N[C@H](Cc1ccccc1)C(=O)NCCc1ncn[nH]1. The van der Waals surface area contributed by atoms with Crippen LogP contribution < -0.4 is 11.1 Å². The van der Waals surface area contributed by atoms with E-state index in [9.17, 15) is 4.79 Å². The van der Waals surface area contributed by atoms with E-state index in [1.54, 1.807) is 0 Å². The number of aromatic amines is 1. The van der Waals surface area contributed by atoms with Crippen LogP contribution >= 0.6 is 0 Å². The molecule has 6 heteroatoms. The smallest absolute Gasteiger partial charge is 0.237 e. The van der Waals surface area contributed by atoms with E-state index in [1.807, 2.05) is 30.3 Å². The van der Waals surface area contributed by atoms with Crippen molar-refractivity contribution in [2.75, 3.05) is 6.54 Å². The van der Waals surface area contributed by atoms with Gasteiger partial charge in [0, 0.05) is 13.0 Å². The van der Waals surface area contributed by atoms with Gasteiger partial charge in [-0.15, -0.1) is 0 Å². The first-order chi connectivity index (χ1) is 9.25. The molecular formula is C13H17N5O. The monoisotopic (exact) mass is 259 g/mol. The van der Waals surface area contributed by atoms with Crippen LogP contribution in [0.3, 0.4) is 0 Å². The molecule has 1 aromatic carbocycles. The molecule has 1 heterocycles. The van der Waals surface area contributed by atoms with Gasteiger partial charge in [0.2, 0.25) is 5.91 Å². The third-order valence-corrected chi connectivity index (χ3v) is 2.76. The third kappa shape index (κ3) is 4.18. The lowest BCUT2D eigenvalue weighted by atomic mass is 10.1. The standard InChI is InChI=1S/C13H17N5O/c14-11(8-10-4-2-1-3-5-10)13(19)15-7-6-12-16-9-17-18-12/h1-5,9,11H,6-8,14H2,(H,15,19)(H,16,17,18)/t11-/m1/s1. The van der Waals surface area contributed by atoms with Gasteiger partial charge in [0.05, 0.1) is 6.04 Å². The van der Waals surface area contributed by atoms with Gasteiger partial charge in [0.25, 0.3) is 0 Å². The Balaban J connectivity index is 1.73. The largest absolute Gasteiger partial charge is 0.354 e. The number of nitrogens with one attached hydrogen (secondary N) is 2. The highest BCUT2D eigenvalue weighted by atomic mass is 16.2. The van der Waals surface area contributed by atoms with Gasteiger partial charge in [-0.2, -0.15) is 5.10 Å². The number of rotatable bonds is 6. The van der Waals surface area contributed by atoms with E-state index in [1.165, 1.54) is 6.33 Å². The van der Waals surface area contributed by atoms with Crippen molar-refractivity contribution in [3.63, 3.8) is 0 Å². The lowest BCUT2D eigenvalue weighted by molar-refractivity contribution is -0.122. The fourth-order valence-electron chi connectivity index (χ4n) is 1.75. The average Bonchev–Trinajstić information content (AvgIpc) is 2.93. The van der Waals surface area contributed by atoms with Gasteiger partial charge in [-0.25, -0.2) is 4.98 Å². The van der Waals surface area contributed by atoms with Gasteiger partial charge in [0.1, 0.15) is 12.2 Å². The van der Waals surface area contributed by atoms with E-state index >= 15 is 0 Å². The summed E-state index contributed by atoms with van der Waals surface area (Å²) < 4.78 is 0. The van der Waals surface area contributed by atoms with Crippen molar-refractivity contribution in [3.8, 4) is 0 Å². The van der Waals surface area contributed by atoms with Gasteiger partial charge < -0.3 is 11.1 Å². The predicted octanol–water partition coefficient (Wildman–Crippen LogP) is 0.0334. The number of hydrogen-bond donors (Lipinski definition) is 3. The Morgan fingerprint density at radius 3 is 2.84 bits per heavy atom. The summed E-state index contributed by atoms with van der Waals surface area (Å²) in [7, 11) is 0. The van der Waals surface area contributed by atoms with Crippen LogP contribution in [0.5, 0.6) is 0 Å². The van der Waals surface area contributed by atoms with Gasteiger partial charge in [0.15, 0.2) is 0 Å². The second kappa shape index (κ2) is 6.65. The Hall–Kier alpha value is -2.21. The highest BCUT2D eigenvalue weighted by molar-refractivity contribution is 5.81. The minimum absolute atomic E-state index is 0.150. The summed E-state index contributed by atoms with van der Waals surface area (Å²) >= 11 is 0. The molecule has 0 radical (unpaired) electrons. The van der Waals surface area contributed by atoms with Crippen LogP contribution in [0.25, 0.3) is 0 Å². The topological polar surface area (TPSA) is 96.7 Å².